The molecule has 2 aromatic carbocycles. The van der Waals surface area contributed by atoms with Gasteiger partial charge < -0.3 is 0 Å². The van der Waals surface area contributed by atoms with Crippen LogP contribution in [0.5, 0.6) is 0 Å². The second-order valence-electron chi connectivity index (χ2n) is 4.20. The highest BCUT2D eigenvalue weighted by Crippen LogP contribution is 2.24. The number of halogens is 1. The van der Waals surface area contributed by atoms with Crippen molar-refractivity contribution in [2.24, 2.45) is 0 Å². The minimum Gasteiger partial charge on any atom is -0.207 e. The van der Waals surface area contributed by atoms with Crippen LogP contribution in [0, 0.1) is 6.92 Å². The fourth-order valence-corrected chi connectivity index (χ4v) is 3.28. The van der Waals surface area contributed by atoms with Gasteiger partial charge >= 0.3 is 0 Å². The van der Waals surface area contributed by atoms with Gasteiger partial charge in [-0.3, -0.25) is 0 Å². The zero-order chi connectivity index (χ0) is 13.9. The lowest BCUT2D eigenvalue weighted by Gasteiger charge is -2.09. The molecule has 0 atom stereocenters. The Balaban J connectivity index is 2.22. The van der Waals surface area contributed by atoms with Gasteiger partial charge in [0.15, 0.2) is 0 Å². The molecule has 0 aliphatic rings. The summed E-state index contributed by atoms with van der Waals surface area (Å²) in [7, 11) is -3.59. The van der Waals surface area contributed by atoms with E-state index in [1.165, 1.54) is 6.07 Å². The summed E-state index contributed by atoms with van der Waals surface area (Å²) in [6.45, 7) is 2.02. The standard InChI is InChI=1S/C14H14ClNO2S/c1-11-6-5-9-13(14(11)15)19(17,18)16-10-12-7-3-2-4-8-12/h2-9,16H,10H2,1H3. The number of aryl methyl sites for hydroxylation is 1. The van der Waals surface area contributed by atoms with Gasteiger partial charge in [-0.25, -0.2) is 13.1 Å². The lowest BCUT2D eigenvalue weighted by molar-refractivity contribution is 0.581. The molecule has 0 aromatic heterocycles. The van der Waals surface area contributed by atoms with Crippen LogP contribution in [0.3, 0.4) is 0 Å². The monoisotopic (exact) mass is 295 g/mol. The normalized spacial score (nSPS) is 11.5. The molecule has 0 saturated carbocycles. The van der Waals surface area contributed by atoms with Crippen molar-refractivity contribution in [3.63, 3.8) is 0 Å². The molecule has 19 heavy (non-hydrogen) atoms. The molecule has 3 nitrogen and oxygen atoms in total. The highest BCUT2D eigenvalue weighted by molar-refractivity contribution is 7.89. The van der Waals surface area contributed by atoms with E-state index < -0.39 is 10.0 Å². The van der Waals surface area contributed by atoms with Gasteiger partial charge in [0.1, 0.15) is 4.90 Å². The number of rotatable bonds is 4. The Hall–Kier alpha value is -1.36. The molecule has 0 saturated heterocycles. The molecule has 0 amide bonds. The summed E-state index contributed by atoms with van der Waals surface area (Å²) in [6.07, 6.45) is 0. The minimum absolute atomic E-state index is 0.116. The Morgan fingerprint density at radius 2 is 1.74 bits per heavy atom. The van der Waals surface area contributed by atoms with Crippen LogP contribution in [0.25, 0.3) is 0 Å². The predicted molar refractivity (Wildman–Crippen MR) is 76.7 cm³/mol. The van der Waals surface area contributed by atoms with E-state index >= 15 is 0 Å². The number of benzene rings is 2. The van der Waals surface area contributed by atoms with Gasteiger partial charge in [0, 0.05) is 6.54 Å². The van der Waals surface area contributed by atoms with Gasteiger partial charge in [-0.15, -0.1) is 0 Å². The topological polar surface area (TPSA) is 46.2 Å². The Kier molecular flexibility index (Phi) is 4.24. The van der Waals surface area contributed by atoms with E-state index in [4.69, 9.17) is 11.6 Å². The predicted octanol–water partition coefficient (Wildman–Crippen LogP) is 3.13. The minimum atomic E-state index is -3.59. The Morgan fingerprint density at radius 1 is 1.05 bits per heavy atom. The fraction of sp³-hybridized carbons (Fsp3) is 0.143. The third-order valence-electron chi connectivity index (χ3n) is 2.76. The van der Waals surface area contributed by atoms with Crippen LogP contribution in [0.15, 0.2) is 53.4 Å². The number of hydrogen-bond donors (Lipinski definition) is 1. The summed E-state index contributed by atoms with van der Waals surface area (Å²) in [5.74, 6) is 0. The van der Waals surface area contributed by atoms with Gasteiger partial charge in [-0.2, -0.15) is 0 Å². The van der Waals surface area contributed by atoms with Crippen molar-refractivity contribution in [3.8, 4) is 0 Å². The average molecular weight is 296 g/mol. The number of sulfonamides is 1. The van der Waals surface area contributed by atoms with E-state index in [-0.39, 0.29) is 16.5 Å². The SMILES string of the molecule is Cc1cccc(S(=O)(=O)NCc2ccccc2)c1Cl. The van der Waals surface area contributed by atoms with Crippen LogP contribution in [0.1, 0.15) is 11.1 Å². The molecule has 0 aliphatic heterocycles. The maximum atomic E-state index is 12.2. The summed E-state index contributed by atoms with van der Waals surface area (Å²) < 4.78 is 26.9. The molecule has 0 bridgehead atoms. The van der Waals surface area contributed by atoms with E-state index in [9.17, 15) is 8.42 Å². The second kappa shape index (κ2) is 5.74. The third-order valence-corrected chi connectivity index (χ3v) is 4.81. The van der Waals surface area contributed by atoms with Gasteiger partial charge in [-0.1, -0.05) is 54.1 Å². The molecule has 100 valence electrons. The molecule has 2 rings (SSSR count). The van der Waals surface area contributed by atoms with E-state index in [0.717, 1.165) is 11.1 Å². The highest BCUT2D eigenvalue weighted by atomic mass is 35.5. The fourth-order valence-electron chi connectivity index (χ4n) is 1.68. The smallest absolute Gasteiger partial charge is 0.207 e. The highest BCUT2D eigenvalue weighted by Gasteiger charge is 2.18. The lowest BCUT2D eigenvalue weighted by Crippen LogP contribution is -2.23. The summed E-state index contributed by atoms with van der Waals surface area (Å²) >= 11 is 6.04. The maximum absolute atomic E-state index is 12.2. The van der Waals surface area contributed by atoms with Gasteiger partial charge in [-0.05, 0) is 24.1 Å². The van der Waals surface area contributed by atoms with E-state index in [2.05, 4.69) is 4.72 Å². The van der Waals surface area contributed by atoms with Gasteiger partial charge in [0.05, 0.1) is 5.02 Å². The van der Waals surface area contributed by atoms with E-state index in [0.29, 0.717) is 0 Å². The molecule has 0 heterocycles. The summed E-state index contributed by atoms with van der Waals surface area (Å²) in [5.41, 5.74) is 1.64. The molecular formula is C14H14ClNO2S. The Morgan fingerprint density at radius 3 is 2.42 bits per heavy atom. The number of hydrogen-bond acceptors (Lipinski definition) is 2. The van der Waals surface area contributed by atoms with Crippen LogP contribution < -0.4 is 4.72 Å². The second-order valence-corrected chi connectivity index (χ2v) is 6.31. The Bertz CT molecular complexity index is 669. The van der Waals surface area contributed by atoms with E-state index in [1.807, 2.05) is 30.3 Å². The van der Waals surface area contributed by atoms with Crippen LogP contribution >= 0.6 is 11.6 Å². The first kappa shape index (κ1) is 14.1. The molecule has 5 heteroatoms. The Labute approximate surface area is 118 Å². The molecule has 2 aromatic rings. The van der Waals surface area contributed by atoms with Crippen LogP contribution in [-0.2, 0) is 16.6 Å². The molecule has 0 spiro atoms. The van der Waals surface area contributed by atoms with Crippen LogP contribution in [0.4, 0.5) is 0 Å². The van der Waals surface area contributed by atoms with Crippen molar-refractivity contribution < 1.29 is 8.42 Å². The molecule has 1 N–H and O–H groups in total. The van der Waals surface area contributed by atoms with Crippen molar-refractivity contribution in [2.45, 2.75) is 18.4 Å². The summed E-state index contributed by atoms with van der Waals surface area (Å²) in [5, 5.41) is 0.267. The molecule has 0 aliphatic carbocycles. The van der Waals surface area contributed by atoms with Crippen molar-refractivity contribution >= 4 is 21.6 Å². The van der Waals surface area contributed by atoms with Crippen molar-refractivity contribution in [3.05, 3.63) is 64.7 Å². The summed E-state index contributed by atoms with van der Waals surface area (Å²) in [6, 6.07) is 14.3. The lowest BCUT2D eigenvalue weighted by atomic mass is 10.2. The average Bonchev–Trinajstić information content (AvgIpc) is 2.41. The third kappa shape index (κ3) is 3.35. The van der Waals surface area contributed by atoms with Gasteiger partial charge in [0.25, 0.3) is 0 Å². The summed E-state index contributed by atoms with van der Waals surface area (Å²) in [4.78, 5) is 0.116. The van der Waals surface area contributed by atoms with Crippen molar-refractivity contribution in [2.75, 3.05) is 0 Å². The first-order valence-electron chi connectivity index (χ1n) is 5.79. The molecule has 0 fully saturated rings. The molecule has 0 radical (unpaired) electrons. The molecular weight excluding hydrogens is 282 g/mol. The quantitative estimate of drug-likeness (QED) is 0.942. The molecule has 0 unspecified atom stereocenters. The van der Waals surface area contributed by atoms with Crippen molar-refractivity contribution in [1.82, 2.24) is 4.72 Å². The van der Waals surface area contributed by atoms with Crippen molar-refractivity contribution in [1.29, 1.82) is 0 Å². The largest absolute Gasteiger partial charge is 0.242 e. The van der Waals surface area contributed by atoms with Crippen LogP contribution in [-0.4, -0.2) is 8.42 Å². The number of nitrogens with one attached hydrogen (secondary N) is 1. The first-order chi connectivity index (χ1) is 9.00. The van der Waals surface area contributed by atoms with Gasteiger partial charge in [0.2, 0.25) is 10.0 Å². The zero-order valence-electron chi connectivity index (χ0n) is 10.4. The van der Waals surface area contributed by atoms with Crippen LogP contribution in [0.2, 0.25) is 5.02 Å². The zero-order valence-corrected chi connectivity index (χ0v) is 12.0. The van der Waals surface area contributed by atoms with E-state index in [1.54, 1.807) is 19.1 Å². The first-order valence-corrected chi connectivity index (χ1v) is 7.65. The maximum Gasteiger partial charge on any atom is 0.242 e.